The van der Waals surface area contributed by atoms with Gasteiger partial charge in [0.1, 0.15) is 5.82 Å². The number of rotatable bonds is 6. The summed E-state index contributed by atoms with van der Waals surface area (Å²) in [6.45, 7) is 2.78. The number of aromatic nitrogens is 2. The first-order valence-electron chi connectivity index (χ1n) is 8.26. The Morgan fingerprint density at radius 1 is 1.32 bits per heavy atom. The smallest absolute Gasteiger partial charge is 0.337 e. The lowest BCUT2D eigenvalue weighted by molar-refractivity contribution is -0.111. The van der Waals surface area contributed by atoms with Gasteiger partial charge in [-0.2, -0.15) is 5.10 Å². The lowest BCUT2D eigenvalue weighted by atomic mass is 10.1. The van der Waals surface area contributed by atoms with Crippen molar-refractivity contribution in [3.63, 3.8) is 0 Å². The third-order valence-corrected chi connectivity index (χ3v) is 4.15. The molecule has 2 aromatic rings. The molecule has 6 nitrogen and oxygen atoms in total. The van der Waals surface area contributed by atoms with Gasteiger partial charge in [-0.25, -0.2) is 9.48 Å². The Labute approximate surface area is 146 Å². The average molecular weight is 339 g/mol. The van der Waals surface area contributed by atoms with Crippen molar-refractivity contribution in [2.45, 2.75) is 26.3 Å². The second-order valence-electron chi connectivity index (χ2n) is 6.24. The predicted octanol–water partition coefficient (Wildman–Crippen LogP) is 3.04. The molecule has 1 N–H and O–H groups in total. The maximum atomic E-state index is 12.2. The van der Waals surface area contributed by atoms with E-state index >= 15 is 0 Å². The van der Waals surface area contributed by atoms with Gasteiger partial charge in [-0.3, -0.25) is 4.79 Å². The molecule has 1 fully saturated rings. The molecule has 3 rings (SSSR count). The molecule has 25 heavy (non-hydrogen) atoms. The van der Waals surface area contributed by atoms with E-state index in [1.54, 1.807) is 36.5 Å². The molecule has 1 saturated carbocycles. The van der Waals surface area contributed by atoms with Crippen LogP contribution in [0.25, 0.3) is 6.08 Å². The lowest BCUT2D eigenvalue weighted by Crippen LogP contribution is -2.14. The van der Waals surface area contributed by atoms with E-state index in [9.17, 15) is 9.59 Å². The van der Waals surface area contributed by atoms with Gasteiger partial charge < -0.3 is 10.1 Å². The normalized spacial score (nSPS) is 13.8. The molecule has 1 aromatic carbocycles. The maximum absolute atomic E-state index is 12.2. The first kappa shape index (κ1) is 17.0. The molecule has 0 radical (unpaired) electrons. The summed E-state index contributed by atoms with van der Waals surface area (Å²) in [6, 6.07) is 6.85. The molecular weight excluding hydrogens is 318 g/mol. The summed E-state index contributed by atoms with van der Waals surface area (Å²) in [5.74, 6) is 0.840. The van der Waals surface area contributed by atoms with Gasteiger partial charge in [0.25, 0.3) is 0 Å². The van der Waals surface area contributed by atoms with E-state index in [0.717, 1.165) is 23.5 Å². The summed E-state index contributed by atoms with van der Waals surface area (Å²) in [6.07, 6.45) is 7.41. The molecule has 1 aliphatic carbocycles. The van der Waals surface area contributed by atoms with Crippen LogP contribution >= 0.6 is 0 Å². The van der Waals surface area contributed by atoms with Crippen LogP contribution in [0.15, 0.2) is 36.5 Å². The van der Waals surface area contributed by atoms with E-state index < -0.39 is 0 Å². The molecule has 1 amide bonds. The van der Waals surface area contributed by atoms with Crippen molar-refractivity contribution in [3.05, 3.63) is 53.2 Å². The lowest BCUT2D eigenvalue weighted by Gasteiger charge is -2.08. The molecule has 6 heteroatoms. The molecule has 0 bridgehead atoms. The summed E-state index contributed by atoms with van der Waals surface area (Å²) in [5.41, 5.74) is 2.25. The fourth-order valence-electron chi connectivity index (χ4n) is 2.50. The zero-order valence-corrected chi connectivity index (χ0v) is 14.4. The number of aryl methyl sites for hydroxylation is 1. The van der Waals surface area contributed by atoms with Crippen molar-refractivity contribution in [2.75, 3.05) is 12.4 Å². The summed E-state index contributed by atoms with van der Waals surface area (Å²) < 4.78 is 6.52. The van der Waals surface area contributed by atoms with Crippen LogP contribution in [0, 0.1) is 12.8 Å². The van der Waals surface area contributed by atoms with Gasteiger partial charge in [0.15, 0.2) is 0 Å². The molecular formula is C19H21N3O3. The summed E-state index contributed by atoms with van der Waals surface area (Å²) in [5, 5.41) is 7.24. The summed E-state index contributed by atoms with van der Waals surface area (Å²) in [7, 11) is 1.34. The molecule has 1 aromatic heterocycles. The Bertz CT molecular complexity index is 802. The number of nitrogens with one attached hydrogen (secondary N) is 1. The van der Waals surface area contributed by atoms with Crippen LogP contribution in [-0.2, 0) is 16.1 Å². The maximum Gasteiger partial charge on any atom is 0.337 e. The largest absolute Gasteiger partial charge is 0.465 e. The highest BCUT2D eigenvalue weighted by Gasteiger charge is 2.23. The fraction of sp³-hybridized carbons (Fsp3) is 0.316. The molecule has 0 atom stereocenters. The average Bonchev–Trinajstić information content (AvgIpc) is 3.39. The first-order valence-corrected chi connectivity index (χ1v) is 8.26. The number of anilines is 1. The SMILES string of the molecule is COC(=O)c1ccc(/C=C/C(=O)Nc2c(C)cnn2CC2CC2)cc1. The number of hydrogen-bond donors (Lipinski definition) is 1. The van der Waals surface area contributed by atoms with Gasteiger partial charge >= 0.3 is 5.97 Å². The van der Waals surface area contributed by atoms with Crippen LogP contribution in [-0.4, -0.2) is 28.8 Å². The van der Waals surface area contributed by atoms with Crippen LogP contribution < -0.4 is 5.32 Å². The number of ether oxygens (including phenoxy) is 1. The first-order chi connectivity index (χ1) is 12.1. The van der Waals surface area contributed by atoms with Crippen molar-refractivity contribution in [1.82, 2.24) is 9.78 Å². The highest BCUT2D eigenvalue weighted by molar-refractivity contribution is 6.01. The van der Waals surface area contributed by atoms with Crippen molar-refractivity contribution in [1.29, 1.82) is 0 Å². The third-order valence-electron chi connectivity index (χ3n) is 4.15. The van der Waals surface area contributed by atoms with Crippen LogP contribution in [0.3, 0.4) is 0 Å². The Kier molecular flexibility index (Phi) is 4.97. The second kappa shape index (κ2) is 7.34. The van der Waals surface area contributed by atoms with Gasteiger partial charge in [0.05, 0.1) is 18.9 Å². The monoisotopic (exact) mass is 339 g/mol. The minimum Gasteiger partial charge on any atom is -0.465 e. The quantitative estimate of drug-likeness (QED) is 0.648. The summed E-state index contributed by atoms with van der Waals surface area (Å²) >= 11 is 0. The van der Waals surface area contributed by atoms with E-state index in [1.165, 1.54) is 26.0 Å². The zero-order valence-electron chi connectivity index (χ0n) is 14.4. The molecule has 0 saturated heterocycles. The molecule has 1 heterocycles. The van der Waals surface area contributed by atoms with Gasteiger partial charge in [0.2, 0.25) is 5.91 Å². The van der Waals surface area contributed by atoms with Crippen molar-refractivity contribution < 1.29 is 14.3 Å². The van der Waals surface area contributed by atoms with Crippen LogP contribution in [0.1, 0.15) is 34.3 Å². The van der Waals surface area contributed by atoms with Crippen molar-refractivity contribution >= 4 is 23.8 Å². The highest BCUT2D eigenvalue weighted by Crippen LogP contribution is 2.31. The highest BCUT2D eigenvalue weighted by atomic mass is 16.5. The molecule has 0 unspecified atom stereocenters. The number of carbonyl (C=O) groups is 2. The van der Waals surface area contributed by atoms with E-state index in [1.807, 2.05) is 11.6 Å². The van der Waals surface area contributed by atoms with Gasteiger partial charge in [-0.1, -0.05) is 12.1 Å². The number of methoxy groups -OCH3 is 1. The van der Waals surface area contributed by atoms with Crippen LogP contribution in [0.4, 0.5) is 5.82 Å². The number of hydrogen-bond acceptors (Lipinski definition) is 4. The Hall–Kier alpha value is -2.89. The number of nitrogens with zero attached hydrogens (tertiary/aromatic N) is 2. The van der Waals surface area contributed by atoms with Crippen molar-refractivity contribution in [3.8, 4) is 0 Å². The number of benzene rings is 1. The van der Waals surface area contributed by atoms with Crippen LogP contribution in [0.2, 0.25) is 0 Å². The second-order valence-corrected chi connectivity index (χ2v) is 6.24. The van der Waals surface area contributed by atoms with E-state index in [-0.39, 0.29) is 11.9 Å². The number of esters is 1. The fourth-order valence-corrected chi connectivity index (χ4v) is 2.50. The van der Waals surface area contributed by atoms with E-state index in [0.29, 0.717) is 11.5 Å². The van der Waals surface area contributed by atoms with E-state index in [4.69, 9.17) is 0 Å². The van der Waals surface area contributed by atoms with Crippen molar-refractivity contribution in [2.24, 2.45) is 5.92 Å². The standard InChI is InChI=1S/C19H21N3O3/c1-13-11-20-22(12-15-3-4-15)18(13)21-17(23)10-7-14-5-8-16(9-6-14)19(24)25-2/h5-11,15H,3-4,12H2,1-2H3,(H,21,23)/b10-7+. The summed E-state index contributed by atoms with van der Waals surface area (Å²) in [4.78, 5) is 23.6. The molecule has 0 aliphatic heterocycles. The topological polar surface area (TPSA) is 73.2 Å². The van der Waals surface area contributed by atoms with Gasteiger partial charge in [-0.15, -0.1) is 0 Å². The Balaban J connectivity index is 1.63. The number of carbonyl (C=O) groups excluding carboxylic acids is 2. The zero-order chi connectivity index (χ0) is 17.8. The Morgan fingerprint density at radius 2 is 2.04 bits per heavy atom. The number of amides is 1. The molecule has 0 spiro atoms. The van der Waals surface area contributed by atoms with Crippen LogP contribution in [0.5, 0.6) is 0 Å². The minimum atomic E-state index is -0.382. The Morgan fingerprint density at radius 3 is 2.68 bits per heavy atom. The minimum absolute atomic E-state index is 0.210. The molecule has 1 aliphatic rings. The van der Waals surface area contributed by atoms with Gasteiger partial charge in [0, 0.05) is 18.2 Å². The predicted molar refractivity (Wildman–Crippen MR) is 95.1 cm³/mol. The molecule has 130 valence electrons. The van der Waals surface area contributed by atoms with E-state index in [2.05, 4.69) is 15.2 Å². The third kappa shape index (κ3) is 4.35. The van der Waals surface area contributed by atoms with Gasteiger partial charge in [-0.05, 0) is 49.5 Å².